The second-order valence-electron chi connectivity index (χ2n) is 8.14. The molecule has 10 nitrogen and oxygen atoms in total. The molecule has 0 aliphatic carbocycles. The Morgan fingerprint density at radius 1 is 1.17 bits per heavy atom. The number of aromatic nitrogens is 2. The molecule has 0 aromatic carbocycles. The molecule has 0 bridgehead atoms. The van der Waals surface area contributed by atoms with Crippen LogP contribution in [0.2, 0.25) is 0 Å². The fourth-order valence-corrected chi connectivity index (χ4v) is 5.36. The van der Waals surface area contributed by atoms with Gasteiger partial charge in [0.1, 0.15) is 15.8 Å². The SMILES string of the molecule is CCOCCCN1C(=O)/C(=C/c2c(N3CCN(C(=O)OCC)CC3)nc3ccccn3c2=O)SC1=S. The molecule has 2 aliphatic heterocycles. The van der Waals surface area contributed by atoms with Gasteiger partial charge in [0.25, 0.3) is 11.5 Å². The summed E-state index contributed by atoms with van der Waals surface area (Å²) in [6.07, 6.45) is 3.58. The van der Waals surface area contributed by atoms with Crippen molar-refractivity contribution in [2.45, 2.75) is 20.3 Å². The molecule has 2 aliphatic rings. The lowest BCUT2D eigenvalue weighted by Gasteiger charge is -2.35. The number of ether oxygens (including phenoxy) is 2. The first kappa shape index (κ1) is 26.1. The van der Waals surface area contributed by atoms with Crippen molar-refractivity contribution in [3.05, 3.63) is 45.2 Å². The number of fused-ring (bicyclic) bond motifs is 1. The lowest BCUT2D eigenvalue weighted by atomic mass is 10.2. The van der Waals surface area contributed by atoms with Crippen molar-refractivity contribution in [3.8, 4) is 0 Å². The molecule has 192 valence electrons. The Labute approximate surface area is 218 Å². The van der Waals surface area contributed by atoms with E-state index in [0.29, 0.717) is 85.2 Å². The lowest BCUT2D eigenvalue weighted by molar-refractivity contribution is -0.122. The number of amides is 2. The van der Waals surface area contributed by atoms with E-state index in [1.165, 1.54) is 16.2 Å². The van der Waals surface area contributed by atoms with E-state index >= 15 is 0 Å². The van der Waals surface area contributed by atoms with Crippen LogP contribution in [-0.4, -0.2) is 88.0 Å². The second kappa shape index (κ2) is 11.8. The molecular weight excluding hydrogens is 502 g/mol. The number of hydrogen-bond donors (Lipinski definition) is 0. The third-order valence-electron chi connectivity index (χ3n) is 5.88. The largest absolute Gasteiger partial charge is 0.450 e. The van der Waals surface area contributed by atoms with E-state index < -0.39 is 0 Å². The predicted octanol–water partition coefficient (Wildman–Crippen LogP) is 2.60. The van der Waals surface area contributed by atoms with Gasteiger partial charge in [-0.05, 0) is 38.5 Å². The van der Waals surface area contributed by atoms with Gasteiger partial charge < -0.3 is 19.3 Å². The summed E-state index contributed by atoms with van der Waals surface area (Å²) in [7, 11) is 0. The maximum absolute atomic E-state index is 13.5. The van der Waals surface area contributed by atoms with Gasteiger partial charge in [0.2, 0.25) is 0 Å². The van der Waals surface area contributed by atoms with Crippen molar-refractivity contribution in [2.75, 3.05) is 57.4 Å². The average molecular weight is 532 g/mol. The van der Waals surface area contributed by atoms with Crippen LogP contribution in [0.4, 0.5) is 10.6 Å². The Bertz CT molecular complexity index is 1240. The Kier molecular flexibility index (Phi) is 8.60. The van der Waals surface area contributed by atoms with E-state index in [9.17, 15) is 14.4 Å². The highest BCUT2D eigenvalue weighted by Crippen LogP contribution is 2.33. The maximum Gasteiger partial charge on any atom is 0.409 e. The molecule has 0 unspecified atom stereocenters. The molecule has 2 saturated heterocycles. The van der Waals surface area contributed by atoms with E-state index in [1.54, 1.807) is 41.1 Å². The summed E-state index contributed by atoms with van der Waals surface area (Å²) in [5.41, 5.74) is 0.550. The molecule has 0 radical (unpaired) electrons. The Morgan fingerprint density at radius 2 is 1.94 bits per heavy atom. The maximum atomic E-state index is 13.5. The zero-order valence-corrected chi connectivity index (χ0v) is 22.0. The van der Waals surface area contributed by atoms with Crippen molar-refractivity contribution in [2.24, 2.45) is 0 Å². The Morgan fingerprint density at radius 3 is 2.67 bits per heavy atom. The van der Waals surface area contributed by atoms with Crippen molar-refractivity contribution in [1.29, 1.82) is 0 Å². The molecule has 12 heteroatoms. The van der Waals surface area contributed by atoms with Crippen LogP contribution < -0.4 is 10.5 Å². The zero-order valence-electron chi connectivity index (χ0n) is 20.3. The summed E-state index contributed by atoms with van der Waals surface area (Å²) in [4.78, 5) is 49.1. The molecule has 0 atom stereocenters. The van der Waals surface area contributed by atoms with Gasteiger partial charge in [0.15, 0.2) is 0 Å². The van der Waals surface area contributed by atoms with E-state index in [1.807, 2.05) is 17.9 Å². The summed E-state index contributed by atoms with van der Waals surface area (Å²) >= 11 is 6.63. The molecule has 0 N–H and O–H groups in total. The molecular formula is C24H29N5O5S2. The van der Waals surface area contributed by atoms with Crippen LogP contribution in [0.1, 0.15) is 25.8 Å². The number of hydrogen-bond acceptors (Lipinski definition) is 9. The first-order chi connectivity index (χ1) is 17.4. The van der Waals surface area contributed by atoms with Crippen molar-refractivity contribution in [3.63, 3.8) is 0 Å². The average Bonchev–Trinajstić information content (AvgIpc) is 3.15. The molecule has 4 rings (SSSR count). The van der Waals surface area contributed by atoms with Crippen LogP contribution in [0.5, 0.6) is 0 Å². The number of rotatable bonds is 8. The molecule has 36 heavy (non-hydrogen) atoms. The number of nitrogens with zero attached hydrogens (tertiary/aromatic N) is 5. The van der Waals surface area contributed by atoms with Gasteiger partial charge >= 0.3 is 6.09 Å². The van der Waals surface area contributed by atoms with Crippen LogP contribution in [0, 0.1) is 0 Å². The standard InChI is InChI=1S/C24H29N5O5S2/c1-3-33-15-7-10-29-22(31)18(36-24(29)35)16-17-20(25-19-8-5-6-9-28(19)21(17)30)26-11-13-27(14-12-26)23(32)34-4-2/h5-6,8-9,16H,3-4,7,10-15H2,1-2H3/b18-16-. The number of carbonyl (C=O) groups excluding carboxylic acids is 2. The minimum absolute atomic E-state index is 0.225. The molecule has 2 aromatic rings. The van der Waals surface area contributed by atoms with E-state index in [2.05, 4.69) is 0 Å². The number of thioether (sulfide) groups is 1. The van der Waals surface area contributed by atoms with Gasteiger partial charge in [0, 0.05) is 52.1 Å². The number of carbonyl (C=O) groups is 2. The predicted molar refractivity (Wildman–Crippen MR) is 143 cm³/mol. The number of pyridine rings is 1. The fourth-order valence-electron chi connectivity index (χ4n) is 4.07. The van der Waals surface area contributed by atoms with Crippen molar-refractivity contribution >= 4 is 57.8 Å². The fraction of sp³-hybridized carbons (Fsp3) is 0.458. The second-order valence-corrected chi connectivity index (χ2v) is 9.82. The van der Waals surface area contributed by atoms with Crippen LogP contribution >= 0.6 is 24.0 Å². The van der Waals surface area contributed by atoms with Gasteiger partial charge in [-0.2, -0.15) is 0 Å². The summed E-state index contributed by atoms with van der Waals surface area (Å²) in [6, 6.07) is 5.34. The van der Waals surface area contributed by atoms with Crippen LogP contribution in [0.15, 0.2) is 34.1 Å². The first-order valence-corrected chi connectivity index (χ1v) is 13.2. The summed E-state index contributed by atoms with van der Waals surface area (Å²) in [6.45, 7) is 7.47. The highest BCUT2D eigenvalue weighted by Gasteiger charge is 2.33. The third kappa shape index (κ3) is 5.55. The van der Waals surface area contributed by atoms with E-state index in [0.717, 1.165) is 0 Å². The molecule has 0 spiro atoms. The van der Waals surface area contributed by atoms with Crippen molar-refractivity contribution < 1.29 is 19.1 Å². The molecule has 0 saturated carbocycles. The summed E-state index contributed by atoms with van der Waals surface area (Å²) < 4.78 is 12.4. The third-order valence-corrected chi connectivity index (χ3v) is 7.26. The zero-order chi connectivity index (χ0) is 25.7. The van der Waals surface area contributed by atoms with Gasteiger partial charge in [-0.25, -0.2) is 9.78 Å². The molecule has 2 amide bonds. The van der Waals surface area contributed by atoms with Gasteiger partial charge in [-0.1, -0.05) is 30.0 Å². The van der Waals surface area contributed by atoms with Crippen LogP contribution in [0.3, 0.4) is 0 Å². The van der Waals surface area contributed by atoms with E-state index in [-0.39, 0.29) is 17.6 Å². The van der Waals surface area contributed by atoms with Gasteiger partial charge in [-0.15, -0.1) is 0 Å². The Hall–Kier alpha value is -2.96. The smallest absolute Gasteiger partial charge is 0.409 e. The van der Waals surface area contributed by atoms with Crippen LogP contribution in [-0.2, 0) is 14.3 Å². The normalized spacial score (nSPS) is 17.5. The summed E-state index contributed by atoms with van der Waals surface area (Å²) in [5, 5.41) is 0. The molecule has 2 aromatic heterocycles. The number of thiocarbonyl (C=S) groups is 1. The summed E-state index contributed by atoms with van der Waals surface area (Å²) in [5.74, 6) is 0.258. The highest BCUT2D eigenvalue weighted by molar-refractivity contribution is 8.26. The van der Waals surface area contributed by atoms with Gasteiger partial charge in [-0.3, -0.25) is 18.9 Å². The minimum atomic E-state index is -0.350. The monoisotopic (exact) mass is 531 g/mol. The Balaban J connectivity index is 1.64. The molecule has 2 fully saturated rings. The number of anilines is 1. The van der Waals surface area contributed by atoms with E-state index in [4.69, 9.17) is 26.7 Å². The first-order valence-electron chi connectivity index (χ1n) is 12.0. The van der Waals surface area contributed by atoms with Crippen molar-refractivity contribution in [1.82, 2.24) is 19.2 Å². The highest BCUT2D eigenvalue weighted by atomic mass is 32.2. The quantitative estimate of drug-likeness (QED) is 0.289. The molecule has 4 heterocycles. The minimum Gasteiger partial charge on any atom is -0.450 e. The number of piperazine rings is 1. The van der Waals surface area contributed by atoms with Crippen LogP contribution in [0.25, 0.3) is 11.7 Å². The topological polar surface area (TPSA) is 96.7 Å². The van der Waals surface area contributed by atoms with Gasteiger partial charge in [0.05, 0.1) is 17.1 Å². The lowest BCUT2D eigenvalue weighted by Crippen LogP contribution is -2.49.